The third kappa shape index (κ3) is 3.00. The minimum Gasteiger partial charge on any atom is -0.467 e. The zero-order valence-corrected chi connectivity index (χ0v) is 12.1. The van der Waals surface area contributed by atoms with Gasteiger partial charge in [-0.15, -0.1) is 0 Å². The highest BCUT2D eigenvalue weighted by Gasteiger charge is 2.30. The molecule has 0 aliphatic heterocycles. The predicted octanol–water partition coefficient (Wildman–Crippen LogP) is 3.60. The minimum atomic E-state index is 0.609. The molecule has 4 heteroatoms. The van der Waals surface area contributed by atoms with Crippen molar-refractivity contribution in [1.29, 1.82) is 0 Å². The van der Waals surface area contributed by atoms with Crippen LogP contribution < -0.4 is 10.6 Å². The molecule has 0 saturated heterocycles. The topological polar surface area (TPSA) is 42.4 Å². The molecule has 1 aromatic heterocycles. The van der Waals surface area contributed by atoms with Gasteiger partial charge in [-0.2, -0.15) is 0 Å². The number of nitrogens with zero attached hydrogens (tertiary/aromatic N) is 1. The summed E-state index contributed by atoms with van der Waals surface area (Å²) in [7, 11) is 0. The lowest BCUT2D eigenvalue weighted by Gasteiger charge is -2.26. The average Bonchev–Trinajstić information content (AvgIpc) is 3.15. The van der Waals surface area contributed by atoms with Crippen LogP contribution in [0, 0.1) is 0 Å². The Labute approximate surface area is 124 Å². The number of nitrogens with two attached hydrogens (primary N) is 1. The van der Waals surface area contributed by atoms with Crippen molar-refractivity contribution in [2.24, 2.45) is 5.73 Å². The van der Waals surface area contributed by atoms with Crippen molar-refractivity contribution in [1.82, 2.24) is 0 Å². The second-order valence-corrected chi connectivity index (χ2v) is 5.69. The quantitative estimate of drug-likeness (QED) is 0.884. The molecule has 20 heavy (non-hydrogen) atoms. The maximum Gasteiger partial charge on any atom is 0.123 e. The van der Waals surface area contributed by atoms with E-state index in [1.807, 2.05) is 24.3 Å². The van der Waals surface area contributed by atoms with Crippen molar-refractivity contribution in [3.05, 3.63) is 52.9 Å². The van der Waals surface area contributed by atoms with Gasteiger partial charge in [0.05, 0.1) is 12.8 Å². The normalized spacial score (nSPS) is 14.5. The lowest BCUT2D eigenvalue weighted by molar-refractivity contribution is 0.501. The van der Waals surface area contributed by atoms with Crippen LogP contribution >= 0.6 is 11.6 Å². The van der Waals surface area contributed by atoms with Gasteiger partial charge in [-0.3, -0.25) is 0 Å². The first-order valence-corrected chi connectivity index (χ1v) is 7.43. The summed E-state index contributed by atoms with van der Waals surface area (Å²) in [5.74, 6) is 0.991. The Balaban J connectivity index is 1.90. The van der Waals surface area contributed by atoms with Gasteiger partial charge in [0.2, 0.25) is 0 Å². The van der Waals surface area contributed by atoms with E-state index in [-0.39, 0.29) is 0 Å². The maximum absolute atomic E-state index is 6.12. The van der Waals surface area contributed by atoms with Gasteiger partial charge >= 0.3 is 0 Å². The Morgan fingerprint density at radius 1 is 1.30 bits per heavy atom. The minimum absolute atomic E-state index is 0.609. The van der Waals surface area contributed by atoms with E-state index in [1.165, 1.54) is 24.1 Å². The third-order valence-corrected chi connectivity index (χ3v) is 3.89. The molecule has 3 rings (SSSR count). The van der Waals surface area contributed by atoms with Gasteiger partial charge in [-0.05, 0) is 61.7 Å². The molecule has 0 amide bonds. The van der Waals surface area contributed by atoms with E-state index in [0.29, 0.717) is 12.6 Å². The molecular formula is C16H19ClN2O. The molecular weight excluding hydrogens is 272 g/mol. The van der Waals surface area contributed by atoms with Crippen molar-refractivity contribution in [3.63, 3.8) is 0 Å². The summed E-state index contributed by atoms with van der Waals surface area (Å²) in [6.07, 6.45) is 5.05. The number of hydrogen-bond acceptors (Lipinski definition) is 3. The van der Waals surface area contributed by atoms with Crippen LogP contribution in [0.3, 0.4) is 0 Å². The highest BCUT2D eigenvalue weighted by molar-refractivity contribution is 6.30. The first-order valence-electron chi connectivity index (χ1n) is 7.05. The van der Waals surface area contributed by atoms with E-state index >= 15 is 0 Å². The van der Waals surface area contributed by atoms with E-state index in [2.05, 4.69) is 11.0 Å². The van der Waals surface area contributed by atoms with Crippen molar-refractivity contribution in [3.8, 4) is 0 Å². The molecule has 2 aromatic rings. The van der Waals surface area contributed by atoms with Crippen LogP contribution in [-0.2, 0) is 13.0 Å². The molecule has 2 N–H and O–H groups in total. The smallest absolute Gasteiger partial charge is 0.123 e. The molecule has 0 atom stereocenters. The number of rotatable bonds is 6. The second kappa shape index (κ2) is 5.90. The SMILES string of the molecule is NCCc1cc(Cl)ccc1N(Cc1ccco1)C1CC1. The summed E-state index contributed by atoms with van der Waals surface area (Å²) >= 11 is 6.12. The lowest BCUT2D eigenvalue weighted by Crippen LogP contribution is -2.26. The van der Waals surface area contributed by atoms with Crippen LogP contribution in [0.1, 0.15) is 24.2 Å². The highest BCUT2D eigenvalue weighted by atomic mass is 35.5. The molecule has 1 aliphatic rings. The number of furan rings is 1. The molecule has 106 valence electrons. The van der Waals surface area contributed by atoms with Gasteiger partial charge in [0.25, 0.3) is 0 Å². The van der Waals surface area contributed by atoms with Gasteiger partial charge < -0.3 is 15.1 Å². The standard InChI is InChI=1S/C16H19ClN2O/c17-13-3-6-16(12(10-13)7-8-18)19(14-4-5-14)11-15-2-1-9-20-15/h1-3,6,9-10,14H,4-5,7-8,11,18H2. The summed E-state index contributed by atoms with van der Waals surface area (Å²) in [5.41, 5.74) is 8.18. The molecule has 1 heterocycles. The molecule has 0 bridgehead atoms. The first-order chi connectivity index (χ1) is 9.78. The van der Waals surface area contributed by atoms with Crippen LogP contribution in [0.4, 0.5) is 5.69 Å². The molecule has 3 nitrogen and oxygen atoms in total. The summed E-state index contributed by atoms with van der Waals surface area (Å²) in [5, 5.41) is 0.769. The molecule has 0 spiro atoms. The first kappa shape index (κ1) is 13.5. The molecule has 1 saturated carbocycles. The van der Waals surface area contributed by atoms with E-state index in [4.69, 9.17) is 21.8 Å². The maximum atomic E-state index is 6.12. The van der Waals surface area contributed by atoms with Crippen molar-refractivity contribution >= 4 is 17.3 Å². The zero-order valence-electron chi connectivity index (χ0n) is 11.4. The number of benzene rings is 1. The monoisotopic (exact) mass is 290 g/mol. The summed E-state index contributed by atoms with van der Waals surface area (Å²) < 4.78 is 5.49. The highest BCUT2D eigenvalue weighted by Crippen LogP contribution is 2.36. The van der Waals surface area contributed by atoms with Gasteiger partial charge in [0.1, 0.15) is 5.76 Å². The predicted molar refractivity (Wildman–Crippen MR) is 82.1 cm³/mol. The Morgan fingerprint density at radius 2 is 2.15 bits per heavy atom. The number of anilines is 1. The zero-order chi connectivity index (χ0) is 13.9. The number of halogens is 1. The molecule has 1 fully saturated rings. The van der Waals surface area contributed by atoms with Crippen LogP contribution in [0.2, 0.25) is 5.02 Å². The van der Waals surface area contributed by atoms with Crippen LogP contribution in [0.5, 0.6) is 0 Å². The molecule has 1 aliphatic carbocycles. The Hall–Kier alpha value is -1.45. The Kier molecular flexibility index (Phi) is 3.99. The van der Waals surface area contributed by atoms with E-state index < -0.39 is 0 Å². The van der Waals surface area contributed by atoms with Crippen LogP contribution in [-0.4, -0.2) is 12.6 Å². The second-order valence-electron chi connectivity index (χ2n) is 5.25. The fraction of sp³-hybridized carbons (Fsp3) is 0.375. The van der Waals surface area contributed by atoms with Crippen molar-refractivity contribution in [2.45, 2.75) is 31.8 Å². The summed E-state index contributed by atoms with van der Waals surface area (Å²) in [4.78, 5) is 2.42. The molecule has 1 aromatic carbocycles. The lowest BCUT2D eigenvalue weighted by atomic mass is 10.1. The van der Waals surface area contributed by atoms with E-state index in [0.717, 1.165) is 23.7 Å². The van der Waals surface area contributed by atoms with Gasteiger partial charge in [-0.25, -0.2) is 0 Å². The molecule has 0 unspecified atom stereocenters. The largest absolute Gasteiger partial charge is 0.467 e. The van der Waals surface area contributed by atoms with Crippen LogP contribution in [0.15, 0.2) is 41.0 Å². The average molecular weight is 291 g/mol. The van der Waals surface area contributed by atoms with Crippen LogP contribution in [0.25, 0.3) is 0 Å². The van der Waals surface area contributed by atoms with Crippen molar-refractivity contribution in [2.75, 3.05) is 11.4 Å². The molecule has 0 radical (unpaired) electrons. The Bertz CT molecular complexity index is 564. The van der Waals surface area contributed by atoms with Gasteiger partial charge in [0.15, 0.2) is 0 Å². The van der Waals surface area contributed by atoms with E-state index in [1.54, 1.807) is 6.26 Å². The van der Waals surface area contributed by atoms with Gasteiger partial charge in [-0.1, -0.05) is 11.6 Å². The van der Waals surface area contributed by atoms with Gasteiger partial charge in [0, 0.05) is 16.8 Å². The summed E-state index contributed by atoms with van der Waals surface area (Å²) in [6, 6.07) is 10.7. The third-order valence-electron chi connectivity index (χ3n) is 3.66. The van der Waals surface area contributed by atoms with Crippen molar-refractivity contribution < 1.29 is 4.42 Å². The fourth-order valence-corrected chi connectivity index (χ4v) is 2.75. The fourth-order valence-electron chi connectivity index (χ4n) is 2.56. The van der Waals surface area contributed by atoms with E-state index in [9.17, 15) is 0 Å². The summed E-state index contributed by atoms with van der Waals surface area (Å²) in [6.45, 7) is 1.43. The number of hydrogen-bond donors (Lipinski definition) is 1. The Morgan fingerprint density at radius 3 is 2.80 bits per heavy atom.